The summed E-state index contributed by atoms with van der Waals surface area (Å²) in [4.78, 5) is 0. The Morgan fingerprint density at radius 2 is 0.750 bits per heavy atom. The van der Waals surface area contributed by atoms with Gasteiger partial charge in [-0.05, 0) is 0 Å². The molecule has 0 fully saturated rings. The van der Waals surface area contributed by atoms with Gasteiger partial charge in [0.1, 0.15) is 0 Å². The molecular formula is H6In2NSb. The van der Waals surface area contributed by atoms with E-state index in [9.17, 15) is 0 Å². The van der Waals surface area contributed by atoms with E-state index in [2.05, 4.69) is 0 Å². The Morgan fingerprint density at radius 1 is 0.750 bits per heavy atom. The summed E-state index contributed by atoms with van der Waals surface area (Å²) in [5, 5.41) is 0. The molecular weight excluding hydrogens is 365 g/mol. The van der Waals surface area contributed by atoms with Gasteiger partial charge in [-0.25, -0.2) is 0 Å². The zero-order valence-corrected chi connectivity index (χ0v) is 8.19. The zero-order valence-electron chi connectivity index (χ0n) is 1.60. The van der Waals surface area contributed by atoms with Crippen LogP contribution in [0.2, 0.25) is 0 Å². The fraction of sp³-hybridized carbons (Fsp3) is 0. The molecule has 0 N–H and O–H groups in total. The molecule has 4 heavy (non-hydrogen) atoms. The van der Waals surface area contributed by atoms with E-state index in [1.165, 1.54) is 0 Å². The first-order valence-corrected chi connectivity index (χ1v) is 0. The Labute approximate surface area is 80.9 Å². The molecule has 0 spiro atoms. The van der Waals surface area contributed by atoms with Gasteiger partial charge in [0.25, 0.3) is 0 Å². The summed E-state index contributed by atoms with van der Waals surface area (Å²) >= 11 is 0. The van der Waals surface area contributed by atoms with E-state index in [-0.39, 0.29) is 82.3 Å². The van der Waals surface area contributed by atoms with Gasteiger partial charge in [0.05, 0.1) is 0 Å². The first kappa shape index (κ1) is 31.3. The second-order valence-electron chi connectivity index (χ2n) is 0. The van der Waals surface area contributed by atoms with Crippen molar-refractivity contribution in [3.05, 3.63) is 6.15 Å². The number of nitrogens with zero attached hydrogens (tertiary/aromatic N) is 1. The normalized spacial score (nSPS) is 0. The molecule has 0 aromatic rings. The fourth-order valence-corrected chi connectivity index (χ4v) is 0. The van der Waals surface area contributed by atoms with Gasteiger partial charge in [-0.2, -0.15) is 0 Å². The molecule has 0 aromatic heterocycles. The van der Waals surface area contributed by atoms with E-state index in [0.29, 0.717) is 0 Å². The monoisotopic (exact) mass is 371 g/mol. The Balaban J connectivity index is 0. The van der Waals surface area contributed by atoms with Crippen molar-refractivity contribution in [3.63, 3.8) is 0 Å². The average molecular weight is 371 g/mol. The maximum atomic E-state index is 0. The zero-order chi connectivity index (χ0) is 0. The van der Waals surface area contributed by atoms with Crippen molar-refractivity contribution in [2.75, 3.05) is 0 Å². The van der Waals surface area contributed by atoms with E-state index in [1.54, 1.807) is 0 Å². The van der Waals surface area contributed by atoms with E-state index in [1.807, 2.05) is 0 Å². The van der Waals surface area contributed by atoms with Crippen LogP contribution in [0, 0.1) is 0 Å². The third kappa shape index (κ3) is 8.82. The molecule has 0 aromatic carbocycles. The van der Waals surface area contributed by atoms with Crippen LogP contribution in [0.25, 0.3) is 6.15 Å². The van der Waals surface area contributed by atoms with Gasteiger partial charge >= 0.3 is 76.1 Å². The summed E-state index contributed by atoms with van der Waals surface area (Å²) in [6.45, 7) is 0. The van der Waals surface area contributed by atoms with E-state index >= 15 is 0 Å². The van der Waals surface area contributed by atoms with Gasteiger partial charge in [0.15, 0.2) is 0 Å². The Kier molecular flexibility index (Phi) is 139. The Hall–Kier alpha value is 2.52. The van der Waals surface area contributed by atoms with Crippen LogP contribution in [0.15, 0.2) is 0 Å². The van der Waals surface area contributed by atoms with Crippen LogP contribution in [0.1, 0.15) is 0 Å². The molecule has 0 rings (SSSR count). The molecule has 1 nitrogen and oxygen atoms in total. The van der Waals surface area contributed by atoms with Crippen molar-refractivity contribution in [2.24, 2.45) is 0 Å². The summed E-state index contributed by atoms with van der Waals surface area (Å²) in [6.07, 6.45) is 0. The van der Waals surface area contributed by atoms with Gasteiger partial charge in [0, 0.05) is 0 Å². The first-order valence-electron chi connectivity index (χ1n) is 0. The molecule has 0 amide bonds. The molecule has 0 bridgehead atoms. The van der Waals surface area contributed by atoms with Crippen LogP contribution in [-0.2, 0) is 0 Å². The first-order chi connectivity index (χ1) is 0. The average Bonchev–Trinajstić information content (AvgIpc) is 0. The maximum absolute atomic E-state index is 0. The topological polar surface area (TPSA) is 30.5 Å². The molecule has 0 aliphatic carbocycles. The van der Waals surface area contributed by atoms with E-state index < -0.39 is 0 Å². The summed E-state index contributed by atoms with van der Waals surface area (Å²) in [5.41, 5.74) is 0. The quantitative estimate of drug-likeness (QED) is 0.423. The summed E-state index contributed by atoms with van der Waals surface area (Å²) in [7, 11) is 0. The number of rotatable bonds is 0. The molecule has 0 aliphatic rings. The van der Waals surface area contributed by atoms with Crippen molar-refractivity contribution >= 4 is 76.1 Å². The molecule has 0 saturated heterocycles. The summed E-state index contributed by atoms with van der Waals surface area (Å²) in [6, 6.07) is 0. The minimum atomic E-state index is 0. The Bertz CT molecular complexity index is 6.00. The molecule has 0 aliphatic heterocycles. The van der Waals surface area contributed by atoms with Crippen molar-refractivity contribution in [3.8, 4) is 0 Å². The summed E-state index contributed by atoms with van der Waals surface area (Å²) in [5.74, 6) is 0. The SMILES string of the molecule is [In+3].[In+3].[N-3].[SbH6-3]. The van der Waals surface area contributed by atoms with Gasteiger partial charge in [0.2, 0.25) is 0 Å². The summed E-state index contributed by atoms with van der Waals surface area (Å²) < 4.78 is 0. The standard InChI is InChI=1S/2In.N.Sb.6H/q2*+3;2*-3;;;;;;. The van der Waals surface area contributed by atoms with Crippen molar-refractivity contribution < 1.29 is 0 Å². The van der Waals surface area contributed by atoms with Crippen LogP contribution >= 0.6 is 0 Å². The second-order valence-corrected chi connectivity index (χ2v) is 0. The molecule has 0 saturated carbocycles. The molecule has 22 valence electrons. The van der Waals surface area contributed by atoms with E-state index in [0.717, 1.165) is 0 Å². The molecule has 0 radical (unpaired) electrons. The van der Waals surface area contributed by atoms with Gasteiger partial charge in [-0.1, -0.05) is 0 Å². The predicted molar refractivity (Wildman–Crippen MR) is 29.0 cm³/mol. The van der Waals surface area contributed by atoms with Crippen LogP contribution in [0.4, 0.5) is 0 Å². The number of hydrogen-bond donors (Lipinski definition) is 0. The van der Waals surface area contributed by atoms with Gasteiger partial charge in [-0.15, -0.1) is 0 Å². The molecule has 4 heteroatoms. The molecule has 0 heterocycles. The fourth-order valence-electron chi connectivity index (χ4n) is 0. The predicted octanol–water partition coefficient (Wildman–Crippen LogP) is -2.46. The van der Waals surface area contributed by atoms with Crippen molar-refractivity contribution in [1.82, 2.24) is 0 Å². The van der Waals surface area contributed by atoms with Crippen LogP contribution in [0.3, 0.4) is 0 Å². The van der Waals surface area contributed by atoms with Crippen LogP contribution < -0.4 is 0 Å². The van der Waals surface area contributed by atoms with Crippen molar-refractivity contribution in [1.29, 1.82) is 0 Å². The van der Waals surface area contributed by atoms with E-state index in [4.69, 9.17) is 0 Å². The Morgan fingerprint density at radius 3 is 0.750 bits per heavy atom. The van der Waals surface area contributed by atoms with Crippen LogP contribution in [-0.4, -0.2) is 76.1 Å². The molecule has 0 unspecified atom stereocenters. The third-order valence-corrected chi connectivity index (χ3v) is 0. The van der Waals surface area contributed by atoms with Crippen LogP contribution in [0.5, 0.6) is 0 Å². The third-order valence-electron chi connectivity index (χ3n) is 0. The minimum absolute atomic E-state index is 0. The van der Waals surface area contributed by atoms with Gasteiger partial charge < -0.3 is 6.15 Å². The number of hydrogen-bond acceptors (Lipinski definition) is 0. The van der Waals surface area contributed by atoms with Gasteiger partial charge in [-0.3, -0.25) is 0 Å². The second kappa shape index (κ2) is 17.8. The molecule has 0 atom stereocenters. The van der Waals surface area contributed by atoms with Crippen molar-refractivity contribution in [2.45, 2.75) is 0 Å².